The molecule has 0 saturated carbocycles. The third-order valence-electron chi connectivity index (χ3n) is 8.25. The van der Waals surface area contributed by atoms with Crippen molar-refractivity contribution in [2.45, 2.75) is 72.8 Å². The monoisotopic (exact) mass is 547 g/mol. The average Bonchev–Trinajstić information content (AvgIpc) is 3.40. The van der Waals surface area contributed by atoms with E-state index in [9.17, 15) is 19.5 Å². The molecule has 1 N–H and O–H groups in total. The van der Waals surface area contributed by atoms with Gasteiger partial charge in [-0.25, -0.2) is 9.48 Å². The third-order valence-corrected chi connectivity index (χ3v) is 8.25. The number of allylic oxidation sites excluding steroid dienone is 2. The lowest BCUT2D eigenvalue weighted by atomic mass is 9.67. The molecule has 3 aliphatic rings. The van der Waals surface area contributed by atoms with E-state index in [1.165, 1.54) is 11.8 Å². The predicted octanol–water partition coefficient (Wildman–Crippen LogP) is 5.26. The van der Waals surface area contributed by atoms with Crippen LogP contribution in [0.25, 0.3) is 5.69 Å². The highest BCUT2D eigenvalue weighted by Gasteiger charge is 2.51. The lowest BCUT2D eigenvalue weighted by Gasteiger charge is -2.48. The van der Waals surface area contributed by atoms with Gasteiger partial charge in [-0.2, -0.15) is 5.10 Å². The number of rotatable bonds is 5. The van der Waals surface area contributed by atoms with Gasteiger partial charge in [0.2, 0.25) is 0 Å². The number of nitrogens with zero attached hydrogens (tertiary/aromatic N) is 3. The Balaban J connectivity index is 1.85. The number of aromatic nitrogens is 2. The van der Waals surface area contributed by atoms with Crippen molar-refractivity contribution < 1.29 is 29.0 Å². The van der Waals surface area contributed by atoms with Crippen LogP contribution >= 0.6 is 0 Å². The number of aromatic carboxylic acids is 1. The smallest absolute Gasteiger partial charge is 0.338 e. The van der Waals surface area contributed by atoms with Gasteiger partial charge < -0.3 is 19.5 Å². The molecule has 2 atom stereocenters. The maximum Gasteiger partial charge on any atom is 0.338 e. The van der Waals surface area contributed by atoms with E-state index >= 15 is 0 Å². The minimum atomic E-state index is -1.21. The van der Waals surface area contributed by atoms with Gasteiger partial charge in [-0.1, -0.05) is 34.6 Å². The van der Waals surface area contributed by atoms with E-state index in [-0.39, 0.29) is 51.9 Å². The first-order chi connectivity index (χ1) is 18.8. The van der Waals surface area contributed by atoms with E-state index in [4.69, 9.17) is 9.47 Å². The number of hydrogen-bond acceptors (Lipinski definition) is 6. The van der Waals surface area contributed by atoms with Crippen molar-refractivity contribution in [1.29, 1.82) is 0 Å². The van der Waals surface area contributed by atoms with Crippen molar-refractivity contribution in [3.05, 3.63) is 64.4 Å². The second-order valence-corrected chi connectivity index (χ2v) is 12.7. The molecule has 9 heteroatoms. The molecule has 212 valence electrons. The Morgan fingerprint density at radius 2 is 1.90 bits per heavy atom. The maximum atomic E-state index is 14.4. The molecule has 0 unspecified atom stereocenters. The number of hydrogen-bond donors (Lipinski definition) is 1. The van der Waals surface area contributed by atoms with Gasteiger partial charge in [0.15, 0.2) is 5.78 Å². The zero-order valence-electron chi connectivity index (χ0n) is 24.2. The van der Waals surface area contributed by atoms with Gasteiger partial charge in [-0.3, -0.25) is 9.59 Å². The second kappa shape index (κ2) is 9.64. The highest BCUT2D eigenvalue weighted by Crippen LogP contribution is 2.54. The molecule has 3 heterocycles. The van der Waals surface area contributed by atoms with Gasteiger partial charge in [0.1, 0.15) is 17.3 Å². The molecule has 9 nitrogen and oxygen atoms in total. The summed E-state index contributed by atoms with van der Waals surface area (Å²) in [6.45, 7) is 12.7. The molecule has 0 bridgehead atoms. The number of carbonyl (C=O) groups excluding carboxylic acids is 2. The summed E-state index contributed by atoms with van der Waals surface area (Å²) < 4.78 is 13.7. The number of carboxylic acid groups (broad SMARTS) is 1. The molecule has 2 aliphatic heterocycles. The summed E-state index contributed by atoms with van der Waals surface area (Å²) >= 11 is 0. The fourth-order valence-corrected chi connectivity index (χ4v) is 6.48. The van der Waals surface area contributed by atoms with E-state index in [0.29, 0.717) is 47.7 Å². The van der Waals surface area contributed by atoms with Crippen LogP contribution in [-0.4, -0.2) is 57.1 Å². The Kier molecular flexibility index (Phi) is 6.67. The van der Waals surface area contributed by atoms with Crippen LogP contribution in [-0.2, 0) is 14.3 Å². The highest BCUT2D eigenvalue weighted by atomic mass is 16.5. The zero-order valence-corrected chi connectivity index (χ0v) is 24.2. The molecular formula is C31H37N3O6. The van der Waals surface area contributed by atoms with Crippen molar-refractivity contribution in [1.82, 2.24) is 14.7 Å². The first-order valence-electron chi connectivity index (χ1n) is 13.7. The van der Waals surface area contributed by atoms with E-state index in [0.717, 1.165) is 0 Å². The fraction of sp³-hybridized carbons (Fsp3) is 0.484. The summed E-state index contributed by atoms with van der Waals surface area (Å²) in [5.74, 6) is -1.26. The van der Waals surface area contributed by atoms with E-state index in [1.807, 2.05) is 25.7 Å². The summed E-state index contributed by atoms with van der Waals surface area (Å²) in [4.78, 5) is 43.1. The molecule has 2 aromatic rings. The van der Waals surface area contributed by atoms with Crippen LogP contribution in [0.5, 0.6) is 5.75 Å². The summed E-state index contributed by atoms with van der Waals surface area (Å²) in [6, 6.07) is 4.88. The van der Waals surface area contributed by atoms with Gasteiger partial charge in [-0.15, -0.1) is 0 Å². The number of likely N-dealkylation sites (N-methyl/N-ethyl adjacent to an activating group) is 1. The number of Topliss-reactive ketones (excluding diaryl/α,β-unsaturated/α-hetero) is 1. The van der Waals surface area contributed by atoms with Gasteiger partial charge in [0.25, 0.3) is 5.91 Å². The molecule has 0 radical (unpaired) electrons. The number of benzene rings is 1. The summed E-state index contributed by atoms with van der Waals surface area (Å²) in [7, 11) is 1.46. The number of methoxy groups -OCH3 is 1. The van der Waals surface area contributed by atoms with E-state index in [1.54, 1.807) is 30.6 Å². The minimum absolute atomic E-state index is 0.0694. The zero-order chi connectivity index (χ0) is 29.1. The van der Waals surface area contributed by atoms with Crippen LogP contribution in [0.15, 0.2) is 53.3 Å². The Hall–Kier alpha value is -3.88. The minimum Gasteiger partial charge on any atom is -0.496 e. The fourth-order valence-electron chi connectivity index (χ4n) is 6.48. The van der Waals surface area contributed by atoms with Crippen molar-refractivity contribution >= 4 is 17.7 Å². The molecule has 1 aliphatic carbocycles. The Morgan fingerprint density at radius 1 is 1.18 bits per heavy atom. The van der Waals surface area contributed by atoms with Crippen LogP contribution in [0.4, 0.5) is 0 Å². The molecule has 1 aromatic carbocycles. The van der Waals surface area contributed by atoms with Crippen molar-refractivity contribution in [3.8, 4) is 11.4 Å². The number of ketones is 1. The summed E-state index contributed by atoms with van der Waals surface area (Å²) in [6.07, 6.45) is 4.44. The molecule has 0 spiro atoms. The first-order valence-corrected chi connectivity index (χ1v) is 13.7. The van der Waals surface area contributed by atoms with Crippen LogP contribution in [0.3, 0.4) is 0 Å². The predicted molar refractivity (Wildman–Crippen MR) is 148 cm³/mol. The van der Waals surface area contributed by atoms with Crippen molar-refractivity contribution in [2.75, 3.05) is 13.7 Å². The van der Waals surface area contributed by atoms with E-state index in [2.05, 4.69) is 25.9 Å². The average molecular weight is 548 g/mol. The van der Waals surface area contributed by atoms with Gasteiger partial charge in [0.05, 0.1) is 29.9 Å². The molecule has 0 saturated heterocycles. The molecule has 1 amide bonds. The van der Waals surface area contributed by atoms with Gasteiger partial charge in [-0.05, 0) is 36.0 Å². The highest BCUT2D eigenvalue weighted by molar-refractivity contribution is 6.07. The topological polar surface area (TPSA) is 111 Å². The van der Waals surface area contributed by atoms with Crippen LogP contribution < -0.4 is 4.74 Å². The SMILES string of the molecule is CCN1C(=O)C2=C(C[C@H]1C(C)(C)C)OC1=C(C(=O)CC(C)(C)C1)[C@@H]2c1c(OC)ccc(-n2cccn2)c1C(=O)O. The van der Waals surface area contributed by atoms with Gasteiger partial charge >= 0.3 is 5.97 Å². The lowest BCUT2D eigenvalue weighted by molar-refractivity contribution is -0.134. The van der Waals surface area contributed by atoms with Crippen molar-refractivity contribution in [2.24, 2.45) is 10.8 Å². The number of carboxylic acids is 1. The Morgan fingerprint density at radius 3 is 2.48 bits per heavy atom. The van der Waals surface area contributed by atoms with Crippen molar-refractivity contribution in [3.63, 3.8) is 0 Å². The number of ether oxygens (including phenoxy) is 2. The second-order valence-electron chi connectivity index (χ2n) is 12.7. The number of amides is 1. The normalized spacial score (nSPS) is 22.6. The summed E-state index contributed by atoms with van der Waals surface area (Å²) in [5.41, 5.74) is 0.590. The maximum absolute atomic E-state index is 14.4. The summed E-state index contributed by atoms with van der Waals surface area (Å²) in [5, 5.41) is 14.9. The largest absolute Gasteiger partial charge is 0.496 e. The quantitative estimate of drug-likeness (QED) is 0.544. The molecule has 40 heavy (non-hydrogen) atoms. The Bertz CT molecular complexity index is 1460. The molecule has 0 fully saturated rings. The van der Waals surface area contributed by atoms with Gasteiger partial charge in [0, 0.05) is 55.4 Å². The first kappa shape index (κ1) is 27.7. The third kappa shape index (κ3) is 4.41. The van der Waals surface area contributed by atoms with Crippen LogP contribution in [0.2, 0.25) is 0 Å². The van der Waals surface area contributed by atoms with Crippen LogP contribution in [0.1, 0.15) is 82.6 Å². The van der Waals surface area contributed by atoms with Crippen LogP contribution in [0, 0.1) is 10.8 Å². The van der Waals surface area contributed by atoms with E-state index < -0.39 is 11.9 Å². The Labute approximate surface area is 234 Å². The molecule has 5 rings (SSSR count). The molecular weight excluding hydrogens is 510 g/mol. The standard InChI is InChI=1S/C31H37N3O6/c1-8-33-22(30(2,3)4)14-20-26(28(33)36)27(24-18(35)15-31(5,6)16-21(24)40-20)25-19(39-7)11-10-17(23(25)29(37)38)34-13-9-12-32-34/h9-13,22,27H,8,14-16H2,1-7H3,(H,37,38)/t22-,27+/m0/s1. The lowest BCUT2D eigenvalue weighted by Crippen LogP contribution is -2.53. The number of carbonyl (C=O) groups is 3. The molecule has 1 aromatic heterocycles.